The molecule has 1 amide bonds. The lowest BCUT2D eigenvalue weighted by Gasteiger charge is -2.22. The number of halogens is 1. The molecule has 1 fully saturated rings. The highest BCUT2D eigenvalue weighted by Gasteiger charge is 2.48. The van der Waals surface area contributed by atoms with Crippen LogP contribution in [0.3, 0.4) is 0 Å². The number of anilines is 1. The predicted molar refractivity (Wildman–Crippen MR) is 114 cm³/mol. The number of hydrogen-bond donors (Lipinski definition) is 1. The van der Waals surface area contributed by atoms with E-state index in [0.717, 1.165) is 16.2 Å². The molecule has 1 unspecified atom stereocenters. The molecule has 2 heterocycles. The average molecular weight is 457 g/mol. The fraction of sp³-hybridized carbons (Fsp3) is 0.100. The summed E-state index contributed by atoms with van der Waals surface area (Å²) in [6.07, 6.45) is 0. The molecule has 1 atom stereocenters. The van der Waals surface area contributed by atoms with Crippen molar-refractivity contribution in [3.05, 3.63) is 85.4 Å². The molecule has 31 heavy (non-hydrogen) atoms. The summed E-state index contributed by atoms with van der Waals surface area (Å²) in [5.41, 5.74) is 0.117. The normalized spacial score (nSPS) is 17.9. The standard InChI is InChI=1S/C20H13ClN4O5S/c1-10-22-23-20(31-10)24-16(12-3-2-4-14(9-12)25(29)30)15(18(27)19(24)28)17(26)11-5-7-13(21)8-6-11/h2-9,16,26H,1H3. The predicted octanol–water partition coefficient (Wildman–Crippen LogP) is 4.03. The van der Waals surface area contributed by atoms with Gasteiger partial charge in [-0.2, -0.15) is 0 Å². The number of hydrogen-bond acceptors (Lipinski definition) is 8. The molecule has 0 saturated carbocycles. The molecule has 0 spiro atoms. The number of non-ortho nitro benzene ring substituents is 1. The number of aromatic nitrogens is 2. The second-order valence-corrected chi connectivity index (χ2v) is 8.23. The van der Waals surface area contributed by atoms with Crippen LogP contribution in [-0.4, -0.2) is 31.9 Å². The van der Waals surface area contributed by atoms with Crippen molar-refractivity contribution >= 4 is 51.2 Å². The number of carbonyl (C=O) groups excluding carboxylic acids is 2. The van der Waals surface area contributed by atoms with Gasteiger partial charge in [0.1, 0.15) is 10.8 Å². The van der Waals surface area contributed by atoms with E-state index in [1.807, 2.05) is 0 Å². The van der Waals surface area contributed by atoms with E-state index in [4.69, 9.17) is 11.6 Å². The number of Topliss-reactive ketones (excluding diaryl/α,β-unsaturated/α-hetero) is 1. The van der Waals surface area contributed by atoms with Gasteiger partial charge >= 0.3 is 5.91 Å². The molecule has 1 saturated heterocycles. The van der Waals surface area contributed by atoms with Crippen molar-refractivity contribution in [1.82, 2.24) is 10.2 Å². The molecule has 2 aromatic carbocycles. The number of rotatable bonds is 4. The van der Waals surface area contributed by atoms with Gasteiger partial charge in [0.25, 0.3) is 11.5 Å². The third kappa shape index (κ3) is 3.66. The Morgan fingerprint density at radius 1 is 1.19 bits per heavy atom. The van der Waals surface area contributed by atoms with Crippen LogP contribution in [0.15, 0.2) is 54.1 Å². The molecule has 9 nitrogen and oxygen atoms in total. The summed E-state index contributed by atoms with van der Waals surface area (Å²) in [7, 11) is 0. The number of ketones is 1. The number of nitro benzene ring substituents is 1. The highest BCUT2D eigenvalue weighted by Crippen LogP contribution is 2.43. The van der Waals surface area contributed by atoms with Gasteiger partial charge in [-0.05, 0) is 36.8 Å². The van der Waals surface area contributed by atoms with Gasteiger partial charge < -0.3 is 5.11 Å². The van der Waals surface area contributed by atoms with Crippen molar-refractivity contribution in [3.63, 3.8) is 0 Å². The zero-order valence-corrected chi connectivity index (χ0v) is 17.4. The maximum absolute atomic E-state index is 13.0. The molecule has 3 aromatic rings. The van der Waals surface area contributed by atoms with Crippen molar-refractivity contribution in [3.8, 4) is 0 Å². The summed E-state index contributed by atoms with van der Waals surface area (Å²) in [6, 6.07) is 10.5. The Balaban J connectivity index is 1.96. The Bertz CT molecular complexity index is 1250. The van der Waals surface area contributed by atoms with Crippen LogP contribution in [-0.2, 0) is 9.59 Å². The molecule has 1 N–H and O–H groups in total. The average Bonchev–Trinajstić information content (AvgIpc) is 3.29. The van der Waals surface area contributed by atoms with E-state index in [1.54, 1.807) is 13.0 Å². The van der Waals surface area contributed by atoms with Gasteiger partial charge in [-0.3, -0.25) is 24.6 Å². The van der Waals surface area contributed by atoms with Crippen LogP contribution in [0, 0.1) is 17.0 Å². The van der Waals surface area contributed by atoms with E-state index < -0.39 is 28.4 Å². The van der Waals surface area contributed by atoms with Gasteiger partial charge in [-0.15, -0.1) is 10.2 Å². The van der Waals surface area contributed by atoms with Crippen LogP contribution in [0.2, 0.25) is 5.02 Å². The maximum Gasteiger partial charge on any atom is 0.301 e. The second-order valence-electron chi connectivity index (χ2n) is 6.63. The number of carbonyl (C=O) groups is 2. The largest absolute Gasteiger partial charge is 0.507 e. The van der Waals surface area contributed by atoms with Gasteiger partial charge in [0.2, 0.25) is 5.13 Å². The summed E-state index contributed by atoms with van der Waals surface area (Å²) in [6.45, 7) is 1.69. The minimum absolute atomic E-state index is 0.145. The van der Waals surface area contributed by atoms with Gasteiger partial charge in [-0.25, -0.2) is 0 Å². The number of amides is 1. The summed E-state index contributed by atoms with van der Waals surface area (Å²) in [5.74, 6) is -2.27. The molecule has 1 aliphatic heterocycles. The molecule has 4 rings (SSSR count). The van der Waals surface area contributed by atoms with E-state index in [9.17, 15) is 24.8 Å². The molecule has 1 aliphatic rings. The van der Waals surface area contributed by atoms with E-state index in [2.05, 4.69) is 10.2 Å². The van der Waals surface area contributed by atoms with E-state index in [-0.39, 0.29) is 27.5 Å². The van der Waals surface area contributed by atoms with Crippen LogP contribution in [0.4, 0.5) is 10.8 Å². The van der Waals surface area contributed by atoms with Crippen LogP contribution in [0.1, 0.15) is 22.2 Å². The first-order valence-electron chi connectivity index (χ1n) is 8.89. The van der Waals surface area contributed by atoms with Crippen molar-refractivity contribution < 1.29 is 19.6 Å². The Morgan fingerprint density at radius 3 is 2.52 bits per heavy atom. The lowest BCUT2D eigenvalue weighted by molar-refractivity contribution is -0.384. The van der Waals surface area contributed by atoms with Gasteiger partial charge in [-0.1, -0.05) is 35.1 Å². The summed E-state index contributed by atoms with van der Waals surface area (Å²) in [5, 5.41) is 31.2. The fourth-order valence-electron chi connectivity index (χ4n) is 3.30. The molecule has 11 heteroatoms. The topological polar surface area (TPSA) is 127 Å². The van der Waals surface area contributed by atoms with Crippen molar-refractivity contribution in [2.45, 2.75) is 13.0 Å². The quantitative estimate of drug-likeness (QED) is 0.206. The Hall–Kier alpha value is -3.63. The van der Waals surface area contributed by atoms with Crippen LogP contribution in [0.25, 0.3) is 5.76 Å². The number of benzene rings is 2. The molecular formula is C20H13ClN4O5S. The highest BCUT2D eigenvalue weighted by atomic mass is 35.5. The minimum Gasteiger partial charge on any atom is -0.507 e. The van der Waals surface area contributed by atoms with Gasteiger partial charge in [0.05, 0.1) is 16.5 Å². The highest BCUT2D eigenvalue weighted by molar-refractivity contribution is 7.15. The molecule has 156 valence electrons. The SMILES string of the molecule is Cc1nnc(N2C(=O)C(=O)C(=C(O)c3ccc(Cl)cc3)C2c2cccc([N+](=O)[O-])c2)s1. The lowest BCUT2D eigenvalue weighted by atomic mass is 9.95. The van der Waals surface area contributed by atoms with Gasteiger partial charge in [0, 0.05) is 22.7 Å². The smallest absolute Gasteiger partial charge is 0.301 e. The lowest BCUT2D eigenvalue weighted by Crippen LogP contribution is -2.29. The van der Waals surface area contributed by atoms with Crippen molar-refractivity contribution in [1.29, 1.82) is 0 Å². The third-order valence-corrected chi connectivity index (χ3v) is 5.77. The fourth-order valence-corrected chi connectivity index (χ4v) is 4.14. The molecular weight excluding hydrogens is 444 g/mol. The number of aliphatic hydroxyl groups is 1. The van der Waals surface area contributed by atoms with Crippen LogP contribution < -0.4 is 4.90 Å². The number of nitrogens with zero attached hydrogens (tertiary/aromatic N) is 4. The Labute approximate surface area is 184 Å². The zero-order valence-electron chi connectivity index (χ0n) is 15.9. The zero-order chi connectivity index (χ0) is 22.3. The first kappa shape index (κ1) is 20.6. The van der Waals surface area contributed by atoms with Crippen molar-refractivity contribution in [2.75, 3.05) is 4.90 Å². The van der Waals surface area contributed by atoms with Crippen LogP contribution >= 0.6 is 22.9 Å². The first-order valence-corrected chi connectivity index (χ1v) is 10.1. The second kappa shape index (κ2) is 7.89. The summed E-state index contributed by atoms with van der Waals surface area (Å²) >= 11 is 6.99. The number of nitro groups is 1. The molecule has 0 aliphatic carbocycles. The summed E-state index contributed by atoms with van der Waals surface area (Å²) < 4.78 is 0. The Kier molecular flexibility index (Phi) is 5.25. The number of aryl methyl sites for hydroxylation is 1. The van der Waals surface area contributed by atoms with E-state index in [1.165, 1.54) is 42.5 Å². The minimum atomic E-state index is -1.12. The third-order valence-electron chi connectivity index (χ3n) is 4.68. The Morgan fingerprint density at radius 2 is 1.90 bits per heavy atom. The maximum atomic E-state index is 13.0. The van der Waals surface area contributed by atoms with Crippen LogP contribution in [0.5, 0.6) is 0 Å². The monoisotopic (exact) mass is 456 g/mol. The number of aliphatic hydroxyl groups excluding tert-OH is 1. The van der Waals surface area contributed by atoms with Gasteiger partial charge in [0.15, 0.2) is 0 Å². The van der Waals surface area contributed by atoms with Crippen molar-refractivity contribution in [2.24, 2.45) is 0 Å². The van der Waals surface area contributed by atoms with E-state index >= 15 is 0 Å². The molecule has 1 aromatic heterocycles. The molecule has 0 bridgehead atoms. The van der Waals surface area contributed by atoms with E-state index in [0.29, 0.717) is 10.0 Å². The summed E-state index contributed by atoms with van der Waals surface area (Å²) in [4.78, 5) is 37.7. The molecule has 0 radical (unpaired) electrons. The first-order chi connectivity index (χ1) is 14.8.